The maximum Gasteiger partial charge on any atom is 0.508 e. The van der Waals surface area contributed by atoms with Crippen LogP contribution in [0.2, 0.25) is 0 Å². The highest BCUT2D eigenvalue weighted by atomic mass is 35.6. The van der Waals surface area contributed by atoms with Crippen molar-refractivity contribution in [3.05, 3.63) is 19.2 Å². The van der Waals surface area contributed by atoms with Gasteiger partial charge in [-0.05, 0) is 6.92 Å². The Labute approximate surface area is 160 Å². The van der Waals surface area contributed by atoms with Crippen LogP contribution in [0, 0.1) is 12.5 Å². The van der Waals surface area contributed by atoms with E-state index in [0.29, 0.717) is 0 Å². The van der Waals surface area contributed by atoms with E-state index in [1.54, 1.807) is 6.54 Å². The summed E-state index contributed by atoms with van der Waals surface area (Å²) in [4.78, 5) is 36.0. The van der Waals surface area contributed by atoms with Crippen LogP contribution in [0.25, 0.3) is 0 Å². The molecule has 1 saturated heterocycles. The average Bonchev–Trinajstić information content (AvgIpc) is 2.52. The summed E-state index contributed by atoms with van der Waals surface area (Å²) in [6.45, 7) is 6.66. The Morgan fingerprint density at radius 2 is 2.12 bits per heavy atom. The maximum absolute atomic E-state index is 12.0. The van der Waals surface area contributed by atoms with Crippen LogP contribution in [0.4, 0.5) is 9.59 Å². The van der Waals surface area contributed by atoms with Crippen molar-refractivity contribution in [3.63, 3.8) is 0 Å². The van der Waals surface area contributed by atoms with Gasteiger partial charge in [0.25, 0.3) is 0 Å². The first-order valence-corrected chi connectivity index (χ1v) is 8.34. The zero-order valence-corrected chi connectivity index (χ0v) is 15.6. The van der Waals surface area contributed by atoms with Crippen LogP contribution >= 0.6 is 34.8 Å². The second-order valence-electron chi connectivity index (χ2n) is 5.00. The molecule has 0 spiro atoms. The number of ether oxygens (including phenoxy) is 3. The van der Waals surface area contributed by atoms with Gasteiger partial charge in [0.05, 0.1) is 12.5 Å². The molecule has 0 bridgehead atoms. The molecule has 1 aliphatic rings. The van der Waals surface area contributed by atoms with E-state index in [0.717, 1.165) is 0 Å². The molecular weight excluding hydrogens is 399 g/mol. The summed E-state index contributed by atoms with van der Waals surface area (Å²) in [6.07, 6.45) is -0.934. The molecule has 2 unspecified atom stereocenters. The monoisotopic (exact) mass is 415 g/mol. The van der Waals surface area contributed by atoms with E-state index in [4.69, 9.17) is 44.3 Å². The van der Waals surface area contributed by atoms with Crippen LogP contribution in [0.5, 0.6) is 0 Å². The Hall–Kier alpha value is -1.38. The minimum absolute atomic E-state index is 0.103. The fourth-order valence-corrected chi connectivity index (χ4v) is 1.97. The van der Waals surface area contributed by atoms with Gasteiger partial charge >= 0.3 is 12.2 Å². The number of hydrogen-bond donors (Lipinski definition) is 1. The number of rotatable bonds is 8. The topological polar surface area (TPSA) is 94.2 Å². The SMILES string of the molecule is C=CCOC(=O)NCCN1[CH]C(C(C)OC(=O)OCC(Cl)(Cl)Cl)C1=O. The van der Waals surface area contributed by atoms with Gasteiger partial charge in [-0.15, -0.1) is 0 Å². The molecule has 0 aromatic heterocycles. The van der Waals surface area contributed by atoms with Crippen LogP contribution in [0.1, 0.15) is 6.92 Å². The lowest BCUT2D eigenvalue weighted by Crippen LogP contribution is -2.54. The molecule has 1 fully saturated rings. The van der Waals surface area contributed by atoms with Gasteiger partial charge in [-0.3, -0.25) is 4.79 Å². The highest BCUT2D eigenvalue weighted by Gasteiger charge is 2.42. The second-order valence-corrected chi connectivity index (χ2v) is 7.51. The van der Waals surface area contributed by atoms with Gasteiger partial charge < -0.3 is 24.4 Å². The molecule has 141 valence electrons. The lowest BCUT2D eigenvalue weighted by atomic mass is 9.93. The molecule has 1 N–H and O–H groups in total. The van der Waals surface area contributed by atoms with Gasteiger partial charge in [-0.1, -0.05) is 47.5 Å². The highest BCUT2D eigenvalue weighted by Crippen LogP contribution is 2.28. The van der Waals surface area contributed by atoms with E-state index in [9.17, 15) is 14.4 Å². The molecule has 1 radical (unpaired) electrons. The van der Waals surface area contributed by atoms with E-state index in [2.05, 4.69) is 16.6 Å². The lowest BCUT2D eigenvalue weighted by molar-refractivity contribution is -0.147. The predicted octanol–water partition coefficient (Wildman–Crippen LogP) is 2.43. The van der Waals surface area contributed by atoms with Crippen LogP contribution in [-0.2, 0) is 19.0 Å². The van der Waals surface area contributed by atoms with Crippen molar-refractivity contribution in [3.8, 4) is 0 Å². The van der Waals surface area contributed by atoms with Crippen LogP contribution in [0.15, 0.2) is 12.7 Å². The normalized spacial score (nSPS) is 18.0. The number of nitrogens with zero attached hydrogens (tertiary/aromatic N) is 1. The molecule has 25 heavy (non-hydrogen) atoms. The number of likely N-dealkylation sites (tertiary alicyclic amines) is 1. The Morgan fingerprint density at radius 3 is 2.68 bits per heavy atom. The van der Waals surface area contributed by atoms with Gasteiger partial charge in [-0.2, -0.15) is 0 Å². The van der Waals surface area contributed by atoms with Gasteiger partial charge in [-0.25, -0.2) is 9.59 Å². The van der Waals surface area contributed by atoms with Crippen molar-refractivity contribution in [2.75, 3.05) is 26.3 Å². The number of β-lactam (4-membered cyclic amide) rings is 1. The van der Waals surface area contributed by atoms with Crippen molar-refractivity contribution in [1.29, 1.82) is 0 Å². The number of alkyl carbamates (subject to hydrolysis) is 1. The number of nitrogens with one attached hydrogen (secondary N) is 1. The van der Waals surface area contributed by atoms with E-state index >= 15 is 0 Å². The maximum atomic E-state index is 12.0. The predicted molar refractivity (Wildman–Crippen MR) is 91.2 cm³/mol. The molecule has 1 rings (SSSR count). The molecule has 0 aromatic carbocycles. The third-order valence-corrected chi connectivity index (χ3v) is 3.33. The zero-order chi connectivity index (χ0) is 19.0. The summed E-state index contributed by atoms with van der Waals surface area (Å²) >= 11 is 16.3. The van der Waals surface area contributed by atoms with Crippen LogP contribution in [-0.4, -0.2) is 59.3 Å². The smallest absolute Gasteiger partial charge is 0.445 e. The molecule has 11 heteroatoms. The largest absolute Gasteiger partial charge is 0.508 e. The molecular formula is C14H18Cl3N2O6. The van der Waals surface area contributed by atoms with Crippen LogP contribution in [0.3, 0.4) is 0 Å². The molecule has 1 heterocycles. The van der Waals surface area contributed by atoms with Crippen LogP contribution < -0.4 is 5.32 Å². The standard InChI is InChI=1S/C14H18Cl3N2O6/c1-3-6-23-12(21)18-4-5-19-7-10(11(19)20)9(2)25-13(22)24-8-14(15,16)17/h3,7,9-10H,1,4-6,8H2,2H3,(H,18,21). The molecule has 0 saturated carbocycles. The van der Waals surface area contributed by atoms with Gasteiger partial charge in [0.15, 0.2) is 0 Å². The number of halogens is 3. The zero-order valence-electron chi connectivity index (χ0n) is 13.4. The number of amides is 2. The molecule has 2 atom stereocenters. The minimum Gasteiger partial charge on any atom is -0.445 e. The van der Waals surface area contributed by atoms with Gasteiger partial charge in [0, 0.05) is 13.1 Å². The summed E-state index contributed by atoms with van der Waals surface area (Å²) in [6, 6.07) is 0. The number of alkyl halides is 3. The summed E-state index contributed by atoms with van der Waals surface area (Å²) in [5.74, 6) is -0.851. The third-order valence-electron chi connectivity index (χ3n) is 3.00. The Morgan fingerprint density at radius 1 is 1.44 bits per heavy atom. The first-order chi connectivity index (χ1) is 11.6. The highest BCUT2D eigenvalue weighted by molar-refractivity contribution is 6.67. The second kappa shape index (κ2) is 9.94. The quantitative estimate of drug-likeness (QED) is 0.283. The Balaban J connectivity index is 2.23. The van der Waals surface area contributed by atoms with Crippen molar-refractivity contribution in [1.82, 2.24) is 10.2 Å². The van der Waals surface area contributed by atoms with E-state index in [-0.39, 0.29) is 25.6 Å². The lowest BCUT2D eigenvalue weighted by Gasteiger charge is -2.40. The molecule has 2 amide bonds. The minimum atomic E-state index is -1.74. The fraction of sp³-hybridized carbons (Fsp3) is 0.571. The number of hydrogen-bond acceptors (Lipinski definition) is 6. The summed E-state index contributed by atoms with van der Waals surface area (Å²) in [5.41, 5.74) is 0. The first-order valence-electron chi connectivity index (χ1n) is 7.21. The molecule has 1 aliphatic heterocycles. The number of carbonyl (C=O) groups excluding carboxylic acids is 3. The Kier molecular flexibility index (Phi) is 8.61. The average molecular weight is 417 g/mol. The van der Waals surface area contributed by atoms with E-state index in [1.807, 2.05) is 0 Å². The molecule has 0 aliphatic carbocycles. The molecule has 0 aromatic rings. The summed E-state index contributed by atoms with van der Waals surface area (Å²) < 4.78 is 12.5. The van der Waals surface area contributed by atoms with Crippen molar-refractivity contribution in [2.24, 2.45) is 5.92 Å². The first kappa shape index (κ1) is 21.7. The van der Waals surface area contributed by atoms with E-state index in [1.165, 1.54) is 17.9 Å². The fourth-order valence-electron chi connectivity index (χ4n) is 1.81. The Bertz CT molecular complexity index is 511. The number of carbonyl (C=O) groups is 3. The summed E-state index contributed by atoms with van der Waals surface area (Å²) in [7, 11) is 0. The summed E-state index contributed by atoms with van der Waals surface area (Å²) in [5, 5.41) is 2.48. The van der Waals surface area contributed by atoms with Crippen molar-refractivity contribution in [2.45, 2.75) is 16.8 Å². The molecule has 8 nitrogen and oxygen atoms in total. The van der Waals surface area contributed by atoms with Gasteiger partial charge in [0.1, 0.15) is 19.3 Å². The third kappa shape index (κ3) is 8.02. The van der Waals surface area contributed by atoms with Crippen molar-refractivity contribution >= 4 is 53.0 Å². The van der Waals surface area contributed by atoms with Crippen molar-refractivity contribution < 1.29 is 28.6 Å². The van der Waals surface area contributed by atoms with Gasteiger partial charge in [0.2, 0.25) is 9.70 Å². The van der Waals surface area contributed by atoms with E-state index < -0.39 is 34.7 Å².